The largest absolute Gasteiger partial charge is 0.394 e. The summed E-state index contributed by atoms with van der Waals surface area (Å²) in [6.45, 7) is 0. The molecule has 2 aromatic rings. The Kier molecular flexibility index (Phi) is 1.67. The highest BCUT2D eigenvalue weighted by molar-refractivity contribution is 5.75. The summed E-state index contributed by atoms with van der Waals surface area (Å²) < 4.78 is 4.76. The Labute approximate surface area is 76.8 Å². The first-order valence-corrected chi connectivity index (χ1v) is 3.58. The minimum Gasteiger partial charge on any atom is -0.394 e. The van der Waals surface area contributed by atoms with Crippen LogP contribution in [0.15, 0.2) is 16.9 Å². The van der Waals surface area contributed by atoms with Gasteiger partial charge in [0.2, 0.25) is 0 Å². The lowest BCUT2D eigenvalue weighted by Crippen LogP contribution is -1.91. The summed E-state index contributed by atoms with van der Waals surface area (Å²) in [5, 5.41) is 19.7. The van der Waals surface area contributed by atoms with Gasteiger partial charge in [-0.3, -0.25) is 0 Å². The van der Waals surface area contributed by atoms with Crippen molar-refractivity contribution in [2.45, 2.75) is 0 Å². The Morgan fingerprint density at radius 1 is 1.57 bits per heavy atom. The number of nitrogens with two attached hydrogens (primary N) is 1. The lowest BCUT2D eigenvalue weighted by atomic mass is 10.2. The maximum Gasteiger partial charge on any atom is 0.353 e. The number of hydrogen-bond acceptors (Lipinski definition) is 6. The molecule has 0 unspecified atom stereocenters. The maximum atomic E-state index is 10.5. The van der Waals surface area contributed by atoms with Gasteiger partial charge in [0.25, 0.3) is 0 Å². The summed E-state index contributed by atoms with van der Waals surface area (Å²) in [6, 6.07) is 0. The van der Waals surface area contributed by atoms with Gasteiger partial charge in [0, 0.05) is 0 Å². The molecular weight excluding hydrogens is 190 g/mol. The van der Waals surface area contributed by atoms with E-state index in [4.69, 9.17) is 10.3 Å². The van der Waals surface area contributed by atoms with Crippen molar-refractivity contribution in [1.29, 1.82) is 0 Å². The van der Waals surface area contributed by atoms with Gasteiger partial charge >= 0.3 is 5.82 Å². The minimum absolute atomic E-state index is 0.144. The van der Waals surface area contributed by atoms with Gasteiger partial charge in [-0.1, -0.05) is 10.3 Å². The molecule has 8 heteroatoms. The van der Waals surface area contributed by atoms with Crippen LogP contribution < -0.4 is 5.73 Å². The molecule has 14 heavy (non-hydrogen) atoms. The molecule has 0 fully saturated rings. The van der Waals surface area contributed by atoms with Gasteiger partial charge in [-0.15, -0.1) is 5.10 Å². The quantitative estimate of drug-likeness (QED) is 0.532. The Hall–Kier alpha value is -2.38. The lowest BCUT2D eigenvalue weighted by Gasteiger charge is -1.93. The highest BCUT2D eigenvalue weighted by Crippen LogP contribution is 2.31. The molecule has 2 heterocycles. The van der Waals surface area contributed by atoms with E-state index in [2.05, 4.69) is 15.4 Å². The predicted molar refractivity (Wildman–Crippen MR) is 45.2 cm³/mol. The van der Waals surface area contributed by atoms with Gasteiger partial charge in [0.15, 0.2) is 5.76 Å². The SMILES string of the molecule is Nc1cnoc1-c1cn[nH]c1[N+](=O)[O-]. The maximum absolute atomic E-state index is 10.5. The van der Waals surface area contributed by atoms with Crippen LogP contribution in [0.1, 0.15) is 0 Å². The summed E-state index contributed by atoms with van der Waals surface area (Å²) in [6.07, 6.45) is 2.53. The molecule has 0 aromatic carbocycles. The first-order valence-electron chi connectivity index (χ1n) is 3.58. The molecule has 0 aliphatic carbocycles. The van der Waals surface area contributed by atoms with Crippen LogP contribution in [-0.2, 0) is 0 Å². The molecule has 0 bridgehead atoms. The van der Waals surface area contributed by atoms with E-state index >= 15 is 0 Å². The fraction of sp³-hybridized carbons (Fsp3) is 0. The molecule has 0 aliphatic rings. The van der Waals surface area contributed by atoms with E-state index in [0.29, 0.717) is 0 Å². The zero-order valence-electron chi connectivity index (χ0n) is 6.80. The van der Waals surface area contributed by atoms with Crippen LogP contribution >= 0.6 is 0 Å². The van der Waals surface area contributed by atoms with E-state index in [1.165, 1.54) is 12.4 Å². The zero-order chi connectivity index (χ0) is 10.1. The molecule has 0 spiro atoms. The van der Waals surface area contributed by atoms with Crippen LogP contribution in [0, 0.1) is 10.1 Å². The van der Waals surface area contributed by atoms with Crippen molar-refractivity contribution in [2.75, 3.05) is 5.73 Å². The number of nitrogen functional groups attached to an aromatic ring is 1. The second-order valence-corrected chi connectivity index (χ2v) is 2.50. The summed E-state index contributed by atoms with van der Waals surface area (Å²) >= 11 is 0. The second-order valence-electron chi connectivity index (χ2n) is 2.50. The summed E-state index contributed by atoms with van der Waals surface area (Å²) in [4.78, 5) is 9.91. The molecule has 0 atom stereocenters. The van der Waals surface area contributed by atoms with Crippen molar-refractivity contribution in [1.82, 2.24) is 15.4 Å². The van der Waals surface area contributed by atoms with Crippen LogP contribution in [-0.4, -0.2) is 20.3 Å². The van der Waals surface area contributed by atoms with Crippen LogP contribution in [0.25, 0.3) is 11.3 Å². The molecule has 2 rings (SSSR count). The van der Waals surface area contributed by atoms with Crippen molar-refractivity contribution < 1.29 is 9.45 Å². The van der Waals surface area contributed by atoms with Gasteiger partial charge in [-0.25, -0.2) is 0 Å². The van der Waals surface area contributed by atoms with E-state index in [9.17, 15) is 10.1 Å². The van der Waals surface area contributed by atoms with Crippen molar-refractivity contribution in [3.63, 3.8) is 0 Å². The number of nitro groups is 1. The van der Waals surface area contributed by atoms with Crippen molar-refractivity contribution in [2.24, 2.45) is 0 Å². The first kappa shape index (κ1) is 8.23. The molecule has 0 aliphatic heterocycles. The monoisotopic (exact) mass is 195 g/mol. The number of H-pyrrole nitrogens is 1. The Morgan fingerprint density at radius 3 is 2.93 bits per heavy atom. The van der Waals surface area contributed by atoms with Crippen LogP contribution in [0.5, 0.6) is 0 Å². The summed E-state index contributed by atoms with van der Waals surface area (Å²) in [7, 11) is 0. The fourth-order valence-corrected chi connectivity index (χ4v) is 1.04. The summed E-state index contributed by atoms with van der Waals surface area (Å²) in [5.74, 6) is -0.126. The molecule has 0 saturated carbocycles. The molecule has 0 amide bonds. The van der Waals surface area contributed by atoms with Crippen molar-refractivity contribution in [3.05, 3.63) is 22.5 Å². The second kappa shape index (κ2) is 2.83. The summed E-state index contributed by atoms with van der Waals surface area (Å²) in [5.41, 5.74) is 5.90. The molecule has 3 N–H and O–H groups in total. The zero-order valence-corrected chi connectivity index (χ0v) is 6.80. The molecule has 72 valence electrons. The Balaban J connectivity index is 2.57. The molecule has 2 aromatic heterocycles. The molecule has 0 radical (unpaired) electrons. The average Bonchev–Trinajstić information content (AvgIpc) is 2.70. The van der Waals surface area contributed by atoms with Crippen LogP contribution in [0.2, 0.25) is 0 Å². The standard InChI is InChI=1S/C6H5N5O3/c7-4-2-9-14-5(4)3-1-8-10-6(3)11(12)13/h1-2H,7H2,(H,8,10). The molecule has 8 nitrogen and oxygen atoms in total. The number of rotatable bonds is 2. The van der Waals surface area contributed by atoms with Gasteiger partial charge in [-0.2, -0.15) is 0 Å². The third-order valence-electron chi connectivity index (χ3n) is 1.64. The lowest BCUT2D eigenvalue weighted by molar-refractivity contribution is -0.388. The van der Waals surface area contributed by atoms with Gasteiger partial charge in [0.05, 0.1) is 12.4 Å². The highest BCUT2D eigenvalue weighted by Gasteiger charge is 2.21. The van der Waals surface area contributed by atoms with Crippen LogP contribution in [0.4, 0.5) is 11.5 Å². The number of aromatic nitrogens is 3. The topological polar surface area (TPSA) is 124 Å². The molecule has 0 saturated heterocycles. The Morgan fingerprint density at radius 2 is 2.36 bits per heavy atom. The number of hydrogen-bond donors (Lipinski definition) is 2. The Bertz CT molecular complexity index is 473. The third-order valence-corrected chi connectivity index (χ3v) is 1.64. The number of nitrogens with zero attached hydrogens (tertiary/aromatic N) is 3. The number of nitrogens with one attached hydrogen (secondary N) is 1. The minimum atomic E-state index is -0.607. The van der Waals surface area contributed by atoms with Crippen molar-refractivity contribution in [3.8, 4) is 11.3 Å². The van der Waals surface area contributed by atoms with Gasteiger partial charge in [-0.05, 0) is 4.92 Å². The molecular formula is C6H5N5O3. The van der Waals surface area contributed by atoms with Gasteiger partial charge < -0.3 is 20.4 Å². The average molecular weight is 195 g/mol. The number of aromatic amines is 1. The van der Waals surface area contributed by atoms with E-state index in [-0.39, 0.29) is 22.8 Å². The van der Waals surface area contributed by atoms with E-state index in [0.717, 1.165) is 0 Å². The smallest absolute Gasteiger partial charge is 0.353 e. The van der Waals surface area contributed by atoms with E-state index < -0.39 is 4.92 Å². The predicted octanol–water partition coefficient (Wildman–Crippen LogP) is 0.555. The van der Waals surface area contributed by atoms with E-state index in [1.54, 1.807) is 0 Å². The first-order chi connectivity index (χ1) is 6.70. The third kappa shape index (κ3) is 1.09. The fourth-order valence-electron chi connectivity index (χ4n) is 1.04. The van der Waals surface area contributed by atoms with E-state index in [1.807, 2.05) is 0 Å². The van der Waals surface area contributed by atoms with Crippen LogP contribution in [0.3, 0.4) is 0 Å². The highest BCUT2D eigenvalue weighted by atomic mass is 16.6. The number of anilines is 1. The normalized spacial score (nSPS) is 10.3. The van der Waals surface area contributed by atoms with Crippen molar-refractivity contribution >= 4 is 11.5 Å². The van der Waals surface area contributed by atoms with Gasteiger partial charge in [0.1, 0.15) is 11.3 Å².